The second-order valence-electron chi connectivity index (χ2n) is 5.76. The number of carbonyl (C=O) groups excluding carboxylic acids is 1. The van der Waals surface area contributed by atoms with Gasteiger partial charge in [0.05, 0.1) is 5.41 Å². The zero-order valence-corrected chi connectivity index (χ0v) is 12.3. The Morgan fingerprint density at radius 3 is 2.38 bits per heavy atom. The van der Waals surface area contributed by atoms with E-state index in [4.69, 9.17) is 5.11 Å². The number of nitrogens with one attached hydrogen (secondary N) is 1. The molecule has 21 heavy (non-hydrogen) atoms. The molecule has 0 atom stereocenters. The highest BCUT2D eigenvalue weighted by Crippen LogP contribution is 2.41. The number of unbranched alkanes of at least 4 members (excludes halogenated alkanes) is 1. The highest BCUT2D eigenvalue weighted by molar-refractivity contribution is 5.88. The zero-order chi connectivity index (χ0) is 15.1. The summed E-state index contributed by atoms with van der Waals surface area (Å²) in [4.78, 5) is 23.1. The van der Waals surface area contributed by atoms with E-state index in [2.05, 4.69) is 5.32 Å². The van der Waals surface area contributed by atoms with Crippen LogP contribution < -0.4 is 5.32 Å². The van der Waals surface area contributed by atoms with Crippen LogP contribution in [0.3, 0.4) is 0 Å². The van der Waals surface area contributed by atoms with Gasteiger partial charge < -0.3 is 10.4 Å². The molecule has 1 fully saturated rings. The number of amides is 1. The molecule has 0 heterocycles. The van der Waals surface area contributed by atoms with Crippen LogP contribution in [0.25, 0.3) is 0 Å². The third-order valence-electron chi connectivity index (χ3n) is 4.32. The van der Waals surface area contributed by atoms with Crippen molar-refractivity contribution >= 4 is 11.9 Å². The number of hydrogen-bond acceptors (Lipinski definition) is 2. The van der Waals surface area contributed by atoms with Crippen LogP contribution >= 0.6 is 0 Å². The second-order valence-corrected chi connectivity index (χ2v) is 5.76. The fourth-order valence-electron chi connectivity index (χ4n) is 3.15. The van der Waals surface area contributed by atoms with Gasteiger partial charge in [-0.15, -0.1) is 0 Å². The van der Waals surface area contributed by atoms with Crippen LogP contribution in [0.2, 0.25) is 0 Å². The SMILES string of the molecule is O=C(O)CCCCNC(=O)C1(c2ccccc2)CCCC1. The van der Waals surface area contributed by atoms with Crippen LogP contribution in [0, 0.1) is 0 Å². The van der Waals surface area contributed by atoms with Crippen molar-refractivity contribution in [3.8, 4) is 0 Å². The number of carbonyl (C=O) groups is 2. The van der Waals surface area contributed by atoms with Gasteiger partial charge in [-0.1, -0.05) is 43.2 Å². The first-order valence-corrected chi connectivity index (χ1v) is 7.71. The number of rotatable bonds is 7. The standard InChI is InChI=1S/C17H23NO3/c19-15(20)10-4-7-13-18-16(21)17(11-5-6-12-17)14-8-2-1-3-9-14/h1-3,8-9H,4-7,10-13H2,(H,18,21)(H,19,20). The summed E-state index contributed by atoms with van der Waals surface area (Å²) >= 11 is 0. The van der Waals surface area contributed by atoms with E-state index in [1.165, 1.54) is 0 Å². The first-order chi connectivity index (χ1) is 10.1. The Morgan fingerprint density at radius 1 is 1.10 bits per heavy atom. The molecule has 1 amide bonds. The summed E-state index contributed by atoms with van der Waals surface area (Å²) in [5, 5.41) is 11.6. The largest absolute Gasteiger partial charge is 0.481 e. The molecular weight excluding hydrogens is 266 g/mol. The van der Waals surface area contributed by atoms with Crippen LogP contribution in [0.4, 0.5) is 0 Å². The summed E-state index contributed by atoms with van der Waals surface area (Å²) in [6.07, 6.45) is 5.45. The normalized spacial score (nSPS) is 16.6. The molecular formula is C17H23NO3. The summed E-state index contributed by atoms with van der Waals surface area (Å²) in [6.45, 7) is 0.556. The molecule has 0 saturated heterocycles. The topological polar surface area (TPSA) is 66.4 Å². The maximum atomic E-state index is 12.6. The Hall–Kier alpha value is -1.84. The lowest BCUT2D eigenvalue weighted by atomic mass is 9.78. The molecule has 0 spiro atoms. The van der Waals surface area contributed by atoms with Crippen LogP contribution in [0.1, 0.15) is 50.5 Å². The minimum Gasteiger partial charge on any atom is -0.481 e. The van der Waals surface area contributed by atoms with Crippen LogP contribution in [0.15, 0.2) is 30.3 Å². The Kier molecular flexibility index (Phi) is 5.37. The predicted molar refractivity (Wildman–Crippen MR) is 81.1 cm³/mol. The van der Waals surface area contributed by atoms with Crippen molar-refractivity contribution < 1.29 is 14.7 Å². The quantitative estimate of drug-likeness (QED) is 0.758. The number of carboxylic acids is 1. The fourth-order valence-corrected chi connectivity index (χ4v) is 3.15. The van der Waals surface area contributed by atoms with E-state index >= 15 is 0 Å². The Morgan fingerprint density at radius 2 is 1.76 bits per heavy atom. The highest BCUT2D eigenvalue weighted by Gasteiger charge is 2.42. The fraction of sp³-hybridized carbons (Fsp3) is 0.529. The van der Waals surface area contributed by atoms with Crippen molar-refractivity contribution in [2.45, 2.75) is 50.4 Å². The molecule has 1 aliphatic carbocycles. The van der Waals surface area contributed by atoms with Crippen molar-refractivity contribution in [2.24, 2.45) is 0 Å². The van der Waals surface area contributed by atoms with Crippen molar-refractivity contribution in [1.29, 1.82) is 0 Å². The van der Waals surface area contributed by atoms with Gasteiger partial charge in [0.1, 0.15) is 0 Å². The lowest BCUT2D eigenvalue weighted by molar-refractivity contribution is -0.137. The smallest absolute Gasteiger partial charge is 0.303 e. The molecule has 4 heteroatoms. The molecule has 1 aliphatic rings. The van der Waals surface area contributed by atoms with Gasteiger partial charge in [0.2, 0.25) is 5.91 Å². The monoisotopic (exact) mass is 289 g/mol. The van der Waals surface area contributed by atoms with E-state index in [-0.39, 0.29) is 17.7 Å². The third-order valence-corrected chi connectivity index (χ3v) is 4.32. The summed E-state index contributed by atoms with van der Waals surface area (Å²) in [7, 11) is 0. The number of benzene rings is 1. The van der Waals surface area contributed by atoms with E-state index in [9.17, 15) is 9.59 Å². The lowest BCUT2D eigenvalue weighted by Gasteiger charge is -2.28. The predicted octanol–water partition coefficient (Wildman–Crippen LogP) is 2.87. The molecule has 1 aromatic carbocycles. The van der Waals surface area contributed by atoms with Gasteiger partial charge in [0.25, 0.3) is 0 Å². The summed E-state index contributed by atoms with van der Waals surface area (Å²) < 4.78 is 0. The molecule has 2 rings (SSSR count). The molecule has 0 radical (unpaired) electrons. The molecule has 0 aliphatic heterocycles. The van der Waals surface area contributed by atoms with Gasteiger partial charge in [-0.3, -0.25) is 9.59 Å². The molecule has 0 unspecified atom stereocenters. The Balaban J connectivity index is 1.93. The summed E-state index contributed by atoms with van der Waals surface area (Å²) in [5.41, 5.74) is 0.721. The summed E-state index contributed by atoms with van der Waals surface area (Å²) in [6, 6.07) is 10.0. The van der Waals surface area contributed by atoms with E-state index < -0.39 is 5.97 Å². The minimum atomic E-state index is -0.780. The molecule has 4 nitrogen and oxygen atoms in total. The number of hydrogen-bond donors (Lipinski definition) is 2. The van der Waals surface area contributed by atoms with Crippen molar-refractivity contribution in [3.63, 3.8) is 0 Å². The van der Waals surface area contributed by atoms with Gasteiger partial charge in [-0.05, 0) is 31.2 Å². The Labute approximate surface area is 125 Å². The molecule has 114 valence electrons. The molecule has 1 saturated carbocycles. The first kappa shape index (κ1) is 15.5. The highest BCUT2D eigenvalue weighted by atomic mass is 16.4. The van der Waals surface area contributed by atoms with Gasteiger partial charge in [-0.2, -0.15) is 0 Å². The molecule has 0 bridgehead atoms. The minimum absolute atomic E-state index is 0.0986. The van der Waals surface area contributed by atoms with Gasteiger partial charge in [0.15, 0.2) is 0 Å². The van der Waals surface area contributed by atoms with Crippen molar-refractivity contribution in [2.75, 3.05) is 6.54 Å². The third kappa shape index (κ3) is 3.84. The van der Waals surface area contributed by atoms with Crippen LogP contribution in [-0.2, 0) is 15.0 Å². The van der Waals surface area contributed by atoms with E-state index in [0.29, 0.717) is 19.4 Å². The van der Waals surface area contributed by atoms with Gasteiger partial charge >= 0.3 is 5.97 Å². The average Bonchev–Trinajstić information content (AvgIpc) is 2.98. The number of carboxylic acid groups (broad SMARTS) is 1. The van der Waals surface area contributed by atoms with Crippen molar-refractivity contribution in [1.82, 2.24) is 5.32 Å². The maximum Gasteiger partial charge on any atom is 0.303 e. The molecule has 2 N–H and O–H groups in total. The van der Waals surface area contributed by atoms with E-state index in [1.807, 2.05) is 30.3 Å². The van der Waals surface area contributed by atoms with Gasteiger partial charge in [0, 0.05) is 13.0 Å². The van der Waals surface area contributed by atoms with Crippen LogP contribution in [0.5, 0.6) is 0 Å². The second kappa shape index (κ2) is 7.25. The molecule has 0 aromatic heterocycles. The van der Waals surface area contributed by atoms with Gasteiger partial charge in [-0.25, -0.2) is 0 Å². The summed E-state index contributed by atoms with van der Waals surface area (Å²) in [5.74, 6) is -0.681. The average molecular weight is 289 g/mol. The maximum absolute atomic E-state index is 12.6. The lowest BCUT2D eigenvalue weighted by Crippen LogP contribution is -2.43. The van der Waals surface area contributed by atoms with Crippen molar-refractivity contribution in [3.05, 3.63) is 35.9 Å². The van der Waals surface area contributed by atoms with Crippen LogP contribution in [-0.4, -0.2) is 23.5 Å². The number of aliphatic carboxylic acids is 1. The van der Waals surface area contributed by atoms with E-state index in [1.54, 1.807) is 0 Å². The first-order valence-electron chi connectivity index (χ1n) is 7.71. The van der Waals surface area contributed by atoms with E-state index in [0.717, 1.165) is 31.2 Å². The molecule has 1 aromatic rings. The Bertz CT molecular complexity index is 478. The zero-order valence-electron chi connectivity index (χ0n) is 12.3.